The van der Waals surface area contributed by atoms with Crippen LogP contribution in [0.3, 0.4) is 0 Å². The van der Waals surface area contributed by atoms with Crippen LogP contribution in [0, 0.1) is 5.82 Å². The number of rotatable bonds is 7. The van der Waals surface area contributed by atoms with Crippen LogP contribution in [0.5, 0.6) is 0 Å². The van der Waals surface area contributed by atoms with Gasteiger partial charge >= 0.3 is 6.09 Å². The van der Waals surface area contributed by atoms with Gasteiger partial charge in [0.05, 0.1) is 6.42 Å². The zero-order chi connectivity index (χ0) is 21.8. The van der Waals surface area contributed by atoms with Crippen LogP contribution in [0.25, 0.3) is 0 Å². The minimum absolute atomic E-state index is 0.0633. The fourth-order valence-electron chi connectivity index (χ4n) is 3.54. The molecule has 0 heterocycles. The van der Waals surface area contributed by atoms with E-state index in [4.69, 9.17) is 10.5 Å². The van der Waals surface area contributed by atoms with Gasteiger partial charge in [-0.3, -0.25) is 4.79 Å². The van der Waals surface area contributed by atoms with Crippen LogP contribution in [0.15, 0.2) is 46.9 Å². The third kappa shape index (κ3) is 6.85. The lowest BCUT2D eigenvalue weighted by atomic mass is 9.76. The van der Waals surface area contributed by atoms with Crippen molar-refractivity contribution >= 4 is 33.6 Å². The Labute approximate surface area is 178 Å². The summed E-state index contributed by atoms with van der Waals surface area (Å²) in [5, 5.41) is 2.82. The van der Waals surface area contributed by atoms with Crippen LogP contribution >= 0.6 is 15.9 Å². The molecule has 0 radical (unpaired) electrons. The molecule has 0 fully saturated rings. The second-order valence-corrected chi connectivity index (χ2v) is 9.20. The molecule has 0 bridgehead atoms. The Bertz CT molecular complexity index is 913. The number of hydrogen-bond acceptors (Lipinski definition) is 3. The van der Waals surface area contributed by atoms with E-state index in [0.717, 1.165) is 5.56 Å². The summed E-state index contributed by atoms with van der Waals surface area (Å²) in [6.45, 7) is 7.66. The number of carbonyl (C=O) groups is 2. The van der Waals surface area contributed by atoms with Gasteiger partial charge in [-0.25, -0.2) is 9.18 Å². The Kier molecular flexibility index (Phi) is 7.06. The topological polar surface area (TPSA) is 81.4 Å². The van der Waals surface area contributed by atoms with Gasteiger partial charge in [0.25, 0.3) is 0 Å². The first kappa shape index (κ1) is 22.9. The highest BCUT2D eigenvalue weighted by molar-refractivity contribution is 9.10. The summed E-state index contributed by atoms with van der Waals surface area (Å²) in [6, 6.07) is 12.1. The summed E-state index contributed by atoms with van der Waals surface area (Å²) < 4.78 is 19.8. The lowest BCUT2D eigenvalue weighted by Gasteiger charge is -2.34. The minimum atomic E-state index is -0.813. The smallest absolute Gasteiger partial charge is 0.405 e. The highest BCUT2D eigenvalue weighted by atomic mass is 79.9. The monoisotopic (exact) mass is 464 g/mol. The van der Waals surface area contributed by atoms with Crippen LogP contribution in [0.2, 0.25) is 0 Å². The maximum Gasteiger partial charge on any atom is 0.405 e. The van der Waals surface area contributed by atoms with E-state index in [1.54, 1.807) is 32.0 Å². The first-order valence-corrected chi connectivity index (χ1v) is 10.00. The molecule has 0 saturated heterocycles. The van der Waals surface area contributed by atoms with Crippen molar-refractivity contribution in [3.8, 4) is 0 Å². The van der Waals surface area contributed by atoms with Crippen LogP contribution in [-0.2, 0) is 21.4 Å². The molecule has 0 aliphatic rings. The highest BCUT2D eigenvalue weighted by Gasteiger charge is 2.32. The molecule has 3 N–H and O–H groups in total. The van der Waals surface area contributed by atoms with Crippen LogP contribution in [0.4, 0.5) is 14.9 Å². The molecule has 2 aromatic carbocycles. The predicted molar refractivity (Wildman–Crippen MR) is 115 cm³/mol. The van der Waals surface area contributed by atoms with Crippen LogP contribution in [0.1, 0.15) is 45.2 Å². The van der Waals surface area contributed by atoms with E-state index in [0.29, 0.717) is 22.1 Å². The van der Waals surface area contributed by atoms with Crippen molar-refractivity contribution in [2.75, 3.05) is 5.32 Å². The number of nitrogens with one attached hydrogen (secondary N) is 1. The molecule has 156 valence electrons. The molecule has 0 aliphatic carbocycles. The zero-order valence-corrected chi connectivity index (χ0v) is 18.6. The van der Waals surface area contributed by atoms with Crippen molar-refractivity contribution in [3.63, 3.8) is 0 Å². The van der Waals surface area contributed by atoms with Crippen LogP contribution < -0.4 is 11.1 Å². The summed E-state index contributed by atoms with van der Waals surface area (Å²) in [5.74, 6) is -0.736. The summed E-state index contributed by atoms with van der Waals surface area (Å²) in [6.07, 6.45) is -0.344. The van der Waals surface area contributed by atoms with Gasteiger partial charge in [0.15, 0.2) is 0 Å². The Hall–Kier alpha value is -2.41. The molecule has 7 heteroatoms. The highest BCUT2D eigenvalue weighted by Crippen LogP contribution is 2.35. The number of amides is 2. The molecule has 0 unspecified atom stereocenters. The average molecular weight is 465 g/mol. The largest absolute Gasteiger partial charge is 0.444 e. The minimum Gasteiger partial charge on any atom is -0.444 e. The molecule has 29 heavy (non-hydrogen) atoms. The van der Waals surface area contributed by atoms with Gasteiger partial charge in [-0.05, 0) is 61.1 Å². The Morgan fingerprint density at radius 1 is 1.14 bits per heavy atom. The third-order valence-electron chi connectivity index (χ3n) is 4.54. The number of halogens is 2. The van der Waals surface area contributed by atoms with Gasteiger partial charge in [-0.1, -0.05) is 48.0 Å². The summed E-state index contributed by atoms with van der Waals surface area (Å²) in [5.41, 5.74) is 5.98. The van der Waals surface area contributed by atoms with E-state index in [9.17, 15) is 14.0 Å². The number of primary amides is 1. The lowest BCUT2D eigenvalue weighted by molar-refractivity contribution is -0.115. The molecule has 0 aliphatic heterocycles. The standard InChI is InChI=1S/C22H26BrFN2O3/c1-21(2,13-22(3,4)29-20(25)28)15-6-5-7-17(11-15)26-19(27)10-14-8-9-16(23)12-18(14)24/h5-9,11-12H,10,13H2,1-4H3,(H2,25,28)(H,26,27). The Morgan fingerprint density at radius 3 is 2.45 bits per heavy atom. The molecule has 0 atom stereocenters. The first-order valence-electron chi connectivity index (χ1n) is 9.21. The van der Waals surface area contributed by atoms with Crippen molar-refractivity contribution in [1.82, 2.24) is 0 Å². The Morgan fingerprint density at radius 2 is 1.83 bits per heavy atom. The number of nitrogens with two attached hydrogens (primary N) is 1. The number of ether oxygens (including phenoxy) is 1. The lowest BCUT2D eigenvalue weighted by Crippen LogP contribution is -2.37. The Balaban J connectivity index is 2.11. The molecule has 2 aromatic rings. The van der Waals surface area contributed by atoms with Crippen LogP contribution in [-0.4, -0.2) is 17.6 Å². The van der Waals surface area contributed by atoms with E-state index >= 15 is 0 Å². The predicted octanol–water partition coefficient (Wildman–Crippen LogP) is 5.31. The maximum atomic E-state index is 14.0. The van der Waals surface area contributed by atoms with Crippen molar-refractivity contribution in [3.05, 3.63) is 63.9 Å². The normalized spacial score (nSPS) is 11.8. The number of hydrogen-bond donors (Lipinski definition) is 2. The summed E-state index contributed by atoms with van der Waals surface area (Å²) in [4.78, 5) is 23.5. The second kappa shape index (κ2) is 8.95. The van der Waals surface area contributed by atoms with Gasteiger partial charge in [0.2, 0.25) is 5.91 Å². The fourth-order valence-corrected chi connectivity index (χ4v) is 3.87. The average Bonchev–Trinajstić information content (AvgIpc) is 2.55. The number of carbonyl (C=O) groups excluding carboxylic acids is 2. The molecular weight excluding hydrogens is 439 g/mol. The van der Waals surface area contributed by atoms with E-state index in [-0.39, 0.29) is 17.7 Å². The molecule has 0 spiro atoms. The maximum absolute atomic E-state index is 14.0. The van der Waals surface area contributed by atoms with Gasteiger partial charge in [-0.2, -0.15) is 0 Å². The van der Waals surface area contributed by atoms with Crippen molar-refractivity contribution < 1.29 is 18.7 Å². The van der Waals surface area contributed by atoms with E-state index in [2.05, 4.69) is 21.2 Å². The zero-order valence-electron chi connectivity index (χ0n) is 17.0. The number of benzene rings is 2. The molecule has 0 saturated carbocycles. The van der Waals surface area contributed by atoms with Gasteiger partial charge in [0, 0.05) is 10.2 Å². The molecule has 0 aromatic heterocycles. The van der Waals surface area contributed by atoms with Gasteiger partial charge in [-0.15, -0.1) is 0 Å². The van der Waals surface area contributed by atoms with Crippen molar-refractivity contribution in [2.45, 2.75) is 51.6 Å². The summed E-state index contributed by atoms with van der Waals surface area (Å²) >= 11 is 3.20. The van der Waals surface area contributed by atoms with Crippen molar-refractivity contribution in [1.29, 1.82) is 0 Å². The van der Waals surface area contributed by atoms with Gasteiger partial charge < -0.3 is 15.8 Å². The number of anilines is 1. The third-order valence-corrected chi connectivity index (χ3v) is 5.03. The van der Waals surface area contributed by atoms with E-state index in [1.807, 2.05) is 32.0 Å². The SMILES string of the molecule is CC(C)(CC(C)(C)c1cccc(NC(=O)Cc2ccc(Br)cc2F)c1)OC(N)=O. The fraction of sp³-hybridized carbons (Fsp3) is 0.364. The molecule has 5 nitrogen and oxygen atoms in total. The van der Waals surface area contributed by atoms with E-state index in [1.165, 1.54) is 6.07 Å². The second-order valence-electron chi connectivity index (χ2n) is 8.28. The van der Waals surface area contributed by atoms with Gasteiger partial charge in [0.1, 0.15) is 11.4 Å². The molecular formula is C22H26BrFN2O3. The quantitative estimate of drug-likeness (QED) is 0.582. The first-order chi connectivity index (χ1) is 13.4. The molecule has 2 amide bonds. The van der Waals surface area contributed by atoms with Crippen molar-refractivity contribution in [2.24, 2.45) is 5.73 Å². The van der Waals surface area contributed by atoms with E-state index < -0.39 is 17.5 Å². The summed E-state index contributed by atoms with van der Waals surface area (Å²) in [7, 11) is 0. The molecule has 2 rings (SSSR count).